The third-order valence-corrected chi connectivity index (χ3v) is 7.81. The third-order valence-electron chi connectivity index (χ3n) is 7.05. The quantitative estimate of drug-likeness (QED) is 0.0936. The van der Waals surface area contributed by atoms with Crippen LogP contribution in [0.4, 0.5) is 14.7 Å². The van der Waals surface area contributed by atoms with Crippen LogP contribution in [0.2, 0.25) is 0 Å². The number of hydrogen-bond acceptors (Lipinski definition) is 12. The zero-order valence-electron chi connectivity index (χ0n) is 30.6. The summed E-state index contributed by atoms with van der Waals surface area (Å²) in [5.74, 6) is -1.89. The number of anilines is 1. The molecular weight excluding hydrogens is 684 g/mol. The molecule has 4 rings (SSSR count). The van der Waals surface area contributed by atoms with Crippen molar-refractivity contribution in [3.8, 4) is 5.75 Å². The van der Waals surface area contributed by atoms with Crippen molar-refractivity contribution in [3.05, 3.63) is 35.5 Å². The molecule has 2 N–H and O–H groups in total. The molecule has 3 aromatic rings. The van der Waals surface area contributed by atoms with E-state index < -0.39 is 46.7 Å². The number of oxime groups is 1. The Kier molecular flexibility index (Phi) is 11.5. The van der Waals surface area contributed by atoms with E-state index in [-0.39, 0.29) is 29.6 Å². The van der Waals surface area contributed by atoms with Crippen LogP contribution >= 0.6 is 11.3 Å². The Hall–Kier alpha value is -4.93. The van der Waals surface area contributed by atoms with E-state index in [1.807, 2.05) is 44.8 Å². The summed E-state index contributed by atoms with van der Waals surface area (Å²) in [6.07, 6.45) is 0.172. The van der Waals surface area contributed by atoms with Gasteiger partial charge in [0, 0.05) is 18.0 Å². The lowest BCUT2D eigenvalue weighted by molar-refractivity contribution is -0.733. The lowest BCUT2D eigenvalue weighted by Crippen LogP contribution is -2.42. The minimum atomic E-state index is -1.48. The van der Waals surface area contributed by atoms with E-state index in [0.717, 1.165) is 28.7 Å². The van der Waals surface area contributed by atoms with Gasteiger partial charge in [0.15, 0.2) is 12.2 Å². The van der Waals surface area contributed by atoms with Crippen molar-refractivity contribution >= 4 is 57.2 Å². The van der Waals surface area contributed by atoms with Crippen LogP contribution in [0.25, 0.3) is 10.9 Å². The first kappa shape index (κ1) is 38.9. The van der Waals surface area contributed by atoms with E-state index in [0.29, 0.717) is 18.8 Å². The van der Waals surface area contributed by atoms with Crippen molar-refractivity contribution in [3.63, 3.8) is 0 Å². The number of rotatable bonds is 10. The number of carbonyl (C=O) groups is 4. The fourth-order valence-electron chi connectivity index (χ4n) is 5.00. The Bertz CT molecular complexity index is 1800. The topological polar surface area (TPSA) is 184 Å². The Morgan fingerprint density at radius 1 is 1.04 bits per heavy atom. The van der Waals surface area contributed by atoms with Crippen molar-refractivity contribution in [2.24, 2.45) is 12.2 Å². The number of carboxylic acids is 1. The van der Waals surface area contributed by atoms with E-state index >= 15 is 0 Å². The van der Waals surface area contributed by atoms with E-state index in [4.69, 9.17) is 23.8 Å². The maximum absolute atomic E-state index is 13.1. The van der Waals surface area contributed by atoms with Gasteiger partial charge in [-0.3, -0.25) is 5.32 Å². The SMILES string of the molecule is C[n+]1c2ccc(OCC(O/N=C(\C(=O)O)c3csc(NC(=O)OC(C)(C)C)n3)C(=O)OC(C)(C)C)cc2cn1C1CCN(C(=O)OC(C)(C)C)C1. The second kappa shape index (κ2) is 15.1. The maximum atomic E-state index is 13.1. The van der Waals surface area contributed by atoms with E-state index in [1.54, 1.807) is 58.6 Å². The van der Waals surface area contributed by atoms with Gasteiger partial charge in [0.05, 0.1) is 18.1 Å². The average molecular weight is 732 g/mol. The molecule has 0 spiro atoms. The summed E-state index contributed by atoms with van der Waals surface area (Å²) < 4.78 is 26.3. The molecule has 16 nitrogen and oxygen atoms in total. The summed E-state index contributed by atoms with van der Waals surface area (Å²) in [7, 11) is 1.93. The van der Waals surface area contributed by atoms with E-state index in [2.05, 4.69) is 20.1 Å². The van der Waals surface area contributed by atoms with Crippen LogP contribution in [-0.2, 0) is 35.7 Å². The summed E-state index contributed by atoms with van der Waals surface area (Å²) in [4.78, 5) is 61.3. The highest BCUT2D eigenvalue weighted by molar-refractivity contribution is 7.14. The number of likely N-dealkylation sites (tertiary alicyclic amines) is 1. The first-order valence-corrected chi connectivity index (χ1v) is 17.2. The molecule has 2 unspecified atom stereocenters. The van der Waals surface area contributed by atoms with Crippen LogP contribution in [0, 0.1) is 0 Å². The van der Waals surface area contributed by atoms with Gasteiger partial charge in [-0.2, -0.15) is 4.68 Å². The maximum Gasteiger partial charge on any atom is 0.413 e. The first-order chi connectivity index (χ1) is 23.6. The van der Waals surface area contributed by atoms with Gasteiger partial charge in [-0.15, -0.1) is 16.0 Å². The summed E-state index contributed by atoms with van der Waals surface area (Å²) in [6, 6.07) is 5.45. The van der Waals surface area contributed by atoms with Crippen LogP contribution < -0.4 is 14.7 Å². The molecule has 51 heavy (non-hydrogen) atoms. The fourth-order valence-corrected chi connectivity index (χ4v) is 5.68. The summed E-state index contributed by atoms with van der Waals surface area (Å²) in [5, 5.41) is 18.4. The molecule has 1 aliphatic rings. The molecule has 2 aromatic heterocycles. The number of nitrogens with zero attached hydrogens (tertiary/aromatic N) is 5. The van der Waals surface area contributed by atoms with Gasteiger partial charge in [0.1, 0.15) is 40.9 Å². The molecule has 0 aliphatic carbocycles. The van der Waals surface area contributed by atoms with Gasteiger partial charge >= 0.3 is 24.1 Å². The largest absolute Gasteiger partial charge is 0.489 e. The number of aliphatic carboxylic acids is 1. The number of carboxylic acid groups (broad SMARTS) is 1. The lowest BCUT2D eigenvalue weighted by atomic mass is 10.2. The van der Waals surface area contributed by atoms with Crippen LogP contribution in [0.3, 0.4) is 0 Å². The Morgan fingerprint density at radius 3 is 2.33 bits per heavy atom. The lowest BCUT2D eigenvalue weighted by Gasteiger charge is -2.24. The molecule has 2 amide bonds. The Labute approximate surface area is 300 Å². The highest BCUT2D eigenvalue weighted by Crippen LogP contribution is 2.26. The molecule has 3 heterocycles. The van der Waals surface area contributed by atoms with Gasteiger partial charge in [-0.05, 0) is 80.9 Å². The van der Waals surface area contributed by atoms with Crippen LogP contribution in [0.5, 0.6) is 5.75 Å². The second-order valence-corrected chi connectivity index (χ2v) is 15.8. The molecule has 278 valence electrons. The van der Waals surface area contributed by atoms with Crippen LogP contribution in [0.1, 0.15) is 80.5 Å². The van der Waals surface area contributed by atoms with Gasteiger partial charge in [0.2, 0.25) is 11.2 Å². The normalized spacial score (nSPS) is 16.1. The number of esters is 1. The van der Waals surface area contributed by atoms with Gasteiger partial charge in [-0.25, -0.2) is 24.2 Å². The predicted octanol–water partition coefficient (Wildman–Crippen LogP) is 5.05. The number of fused-ring (bicyclic) bond motifs is 1. The van der Waals surface area contributed by atoms with Crippen molar-refractivity contribution in [2.75, 3.05) is 25.0 Å². The fraction of sp³-hybridized carbons (Fsp3) is 0.559. The molecule has 0 bridgehead atoms. The zero-order valence-corrected chi connectivity index (χ0v) is 31.5. The number of carbonyl (C=O) groups excluding carboxylic acids is 3. The summed E-state index contributed by atoms with van der Waals surface area (Å²) in [5.41, 5.74) is -2.01. The molecule has 17 heteroatoms. The minimum absolute atomic E-state index is 0.0346. The average Bonchev–Trinajstić information content (AvgIpc) is 3.71. The molecule has 1 aliphatic heterocycles. The smallest absolute Gasteiger partial charge is 0.413 e. The first-order valence-electron chi connectivity index (χ1n) is 16.4. The van der Waals surface area contributed by atoms with Gasteiger partial charge in [0.25, 0.3) is 6.10 Å². The molecule has 1 aromatic carbocycles. The van der Waals surface area contributed by atoms with Crippen molar-refractivity contribution in [2.45, 2.75) is 97.7 Å². The van der Waals surface area contributed by atoms with Crippen molar-refractivity contribution < 1.29 is 52.8 Å². The predicted molar refractivity (Wildman–Crippen MR) is 187 cm³/mol. The van der Waals surface area contributed by atoms with Gasteiger partial charge in [-0.1, -0.05) is 5.16 Å². The number of amides is 2. The molecule has 2 atom stereocenters. The molecule has 0 saturated carbocycles. The monoisotopic (exact) mass is 731 g/mol. The van der Waals surface area contributed by atoms with Crippen molar-refractivity contribution in [1.29, 1.82) is 0 Å². The zero-order chi connectivity index (χ0) is 37.9. The summed E-state index contributed by atoms with van der Waals surface area (Å²) >= 11 is 0.955. The van der Waals surface area contributed by atoms with E-state index in [9.17, 15) is 24.3 Å². The highest BCUT2D eigenvalue weighted by atomic mass is 32.1. The number of hydrogen-bond donors (Lipinski definition) is 2. The number of benzene rings is 1. The minimum Gasteiger partial charge on any atom is -0.489 e. The van der Waals surface area contributed by atoms with Crippen LogP contribution in [-0.4, -0.2) is 92.1 Å². The number of aryl methyl sites for hydroxylation is 1. The number of thiazole rings is 1. The Morgan fingerprint density at radius 2 is 1.71 bits per heavy atom. The molecular formula is C34H47N6O10S+. The molecule has 0 radical (unpaired) electrons. The molecule has 1 saturated heterocycles. The number of ether oxygens (including phenoxy) is 4. The summed E-state index contributed by atoms with van der Waals surface area (Å²) in [6.45, 7) is 16.4. The second-order valence-electron chi connectivity index (χ2n) is 15.0. The standard InChI is InChI=1S/C34H46N6O10S/c1-32(2,3)47-28(43)25(50-37-26(27(41)42)23-19-51-29(35-23)36-30(44)48-33(4,5)6)18-46-22-11-12-24-20(15-22)16-40(38(24)10)21-13-14-39(17-21)31(45)49-34(7,8)9/h11-12,15-16,19,21,25H,13-14,17-18H2,1-10H3,(H-,35,36,41,42,44)/p+1/b37-26-. The Balaban J connectivity index is 1.49. The number of nitrogens with one attached hydrogen (secondary N) is 1. The van der Waals surface area contributed by atoms with E-state index in [1.165, 1.54) is 5.38 Å². The molecule has 1 fully saturated rings. The van der Waals surface area contributed by atoms with Crippen molar-refractivity contribution in [1.82, 2.24) is 14.6 Å². The third kappa shape index (κ3) is 11.0. The number of aromatic nitrogens is 3. The van der Waals surface area contributed by atoms with Crippen LogP contribution in [0.15, 0.2) is 34.9 Å². The van der Waals surface area contributed by atoms with Gasteiger partial charge < -0.3 is 33.8 Å². The highest BCUT2D eigenvalue weighted by Gasteiger charge is 2.34.